The van der Waals surface area contributed by atoms with Gasteiger partial charge in [-0.3, -0.25) is 4.90 Å². The predicted molar refractivity (Wildman–Crippen MR) is 86.5 cm³/mol. The van der Waals surface area contributed by atoms with E-state index in [4.69, 9.17) is 9.72 Å². The lowest BCUT2D eigenvalue weighted by molar-refractivity contribution is 0.239. The van der Waals surface area contributed by atoms with Gasteiger partial charge in [-0.1, -0.05) is 0 Å². The first-order valence-corrected chi connectivity index (χ1v) is 8.16. The average Bonchev–Trinajstić information content (AvgIpc) is 3.41. The van der Waals surface area contributed by atoms with E-state index in [1.165, 1.54) is 24.1 Å². The Bertz CT molecular complexity index is 728. The minimum atomic E-state index is 0.317. The second kappa shape index (κ2) is 5.81. The molecule has 0 bridgehead atoms. The van der Waals surface area contributed by atoms with Crippen molar-refractivity contribution in [1.29, 1.82) is 0 Å². The zero-order valence-corrected chi connectivity index (χ0v) is 13.3. The van der Waals surface area contributed by atoms with Crippen LogP contribution in [0.2, 0.25) is 0 Å². The lowest BCUT2D eigenvalue weighted by Gasteiger charge is -2.28. The Morgan fingerprint density at radius 2 is 2.22 bits per heavy atom. The number of ether oxygens (including phenoxy) is 1. The molecule has 2 heterocycles. The largest absolute Gasteiger partial charge is 0.508 e. The molecule has 0 unspecified atom stereocenters. The van der Waals surface area contributed by atoms with Crippen LogP contribution in [0.15, 0.2) is 24.4 Å². The molecule has 1 aromatic carbocycles. The van der Waals surface area contributed by atoms with E-state index < -0.39 is 0 Å². The molecule has 2 aromatic rings. The van der Waals surface area contributed by atoms with Gasteiger partial charge in [0.2, 0.25) is 0 Å². The Hall–Kier alpha value is -2.14. The molecule has 4 rings (SSSR count). The van der Waals surface area contributed by atoms with Crippen LogP contribution < -0.4 is 4.74 Å². The van der Waals surface area contributed by atoms with E-state index in [1.54, 1.807) is 19.2 Å². The summed E-state index contributed by atoms with van der Waals surface area (Å²) in [5, 5.41) is 10.1. The number of hydrogen-bond donors (Lipinski definition) is 1. The summed E-state index contributed by atoms with van der Waals surface area (Å²) in [6, 6.07) is 5.37. The van der Waals surface area contributed by atoms with Crippen molar-refractivity contribution < 1.29 is 9.84 Å². The van der Waals surface area contributed by atoms with Crippen molar-refractivity contribution in [3.8, 4) is 11.5 Å². The van der Waals surface area contributed by atoms with E-state index >= 15 is 0 Å². The van der Waals surface area contributed by atoms with E-state index in [-0.39, 0.29) is 0 Å². The molecule has 0 saturated heterocycles. The van der Waals surface area contributed by atoms with Crippen LogP contribution in [0.1, 0.15) is 41.4 Å². The molecule has 23 heavy (non-hydrogen) atoms. The summed E-state index contributed by atoms with van der Waals surface area (Å²) in [4.78, 5) is 11.6. The van der Waals surface area contributed by atoms with Crippen molar-refractivity contribution in [3.63, 3.8) is 0 Å². The molecule has 120 valence electrons. The summed E-state index contributed by atoms with van der Waals surface area (Å²) in [6.07, 6.45) is 5.41. The van der Waals surface area contributed by atoms with Gasteiger partial charge in [0, 0.05) is 55.0 Å². The van der Waals surface area contributed by atoms with Gasteiger partial charge in [0.15, 0.2) is 0 Å². The summed E-state index contributed by atoms with van der Waals surface area (Å²) in [7, 11) is 1.64. The molecule has 1 aliphatic carbocycles. The fraction of sp³-hybridized carbons (Fsp3) is 0.444. The van der Waals surface area contributed by atoms with Gasteiger partial charge in [0.1, 0.15) is 17.3 Å². The highest BCUT2D eigenvalue weighted by Crippen LogP contribution is 2.38. The molecule has 1 saturated carbocycles. The Morgan fingerprint density at radius 1 is 1.35 bits per heavy atom. The number of fused-ring (bicyclic) bond motifs is 1. The third-order valence-electron chi connectivity index (χ3n) is 4.65. The minimum Gasteiger partial charge on any atom is -0.508 e. The monoisotopic (exact) mass is 311 g/mol. The maximum atomic E-state index is 10.1. The number of methoxy groups -OCH3 is 1. The van der Waals surface area contributed by atoms with Gasteiger partial charge in [0.05, 0.1) is 7.11 Å². The van der Waals surface area contributed by atoms with Gasteiger partial charge in [-0.25, -0.2) is 9.97 Å². The highest BCUT2D eigenvalue weighted by molar-refractivity contribution is 5.39. The smallest absolute Gasteiger partial charge is 0.131 e. The summed E-state index contributed by atoms with van der Waals surface area (Å²) >= 11 is 0. The van der Waals surface area contributed by atoms with Crippen molar-refractivity contribution in [1.82, 2.24) is 14.9 Å². The number of aromatic nitrogens is 2. The number of rotatable bonds is 4. The van der Waals surface area contributed by atoms with Crippen LogP contribution in [-0.2, 0) is 19.5 Å². The molecule has 0 amide bonds. The summed E-state index contributed by atoms with van der Waals surface area (Å²) in [6.45, 7) is 2.48. The molecule has 0 spiro atoms. The molecular formula is C18H21N3O2. The molecular weight excluding hydrogens is 290 g/mol. The summed E-state index contributed by atoms with van der Waals surface area (Å²) in [5.41, 5.74) is 3.30. The number of phenolic OH excluding ortho intramolecular Hbond substituents is 1. The molecule has 1 aromatic heterocycles. The average molecular weight is 311 g/mol. The summed E-state index contributed by atoms with van der Waals surface area (Å²) < 4.78 is 5.25. The second-order valence-electron chi connectivity index (χ2n) is 6.43. The van der Waals surface area contributed by atoms with Crippen LogP contribution >= 0.6 is 0 Å². The van der Waals surface area contributed by atoms with Crippen LogP contribution in [0.3, 0.4) is 0 Å². The van der Waals surface area contributed by atoms with Gasteiger partial charge < -0.3 is 9.84 Å². The third-order valence-corrected chi connectivity index (χ3v) is 4.65. The van der Waals surface area contributed by atoms with E-state index in [0.717, 1.165) is 36.6 Å². The first kappa shape index (κ1) is 14.5. The van der Waals surface area contributed by atoms with Gasteiger partial charge in [-0.05, 0) is 31.0 Å². The standard InChI is InChI=1S/C18H21N3O2/c1-23-15-4-5-17(22)13(8-15)10-21-7-6-16-14(11-21)9-19-18(20-16)12-2-3-12/h4-5,8-9,12,22H,2-3,6-7,10-11H2,1H3. The lowest BCUT2D eigenvalue weighted by atomic mass is 10.1. The third kappa shape index (κ3) is 3.01. The number of aromatic hydroxyl groups is 1. The first-order chi connectivity index (χ1) is 11.2. The fourth-order valence-electron chi connectivity index (χ4n) is 3.12. The number of nitrogens with zero attached hydrogens (tertiary/aromatic N) is 3. The Morgan fingerprint density at radius 3 is 3.00 bits per heavy atom. The Labute approximate surface area is 136 Å². The van der Waals surface area contributed by atoms with Gasteiger partial charge in [-0.2, -0.15) is 0 Å². The zero-order chi connectivity index (χ0) is 15.8. The van der Waals surface area contributed by atoms with Crippen molar-refractivity contribution in [3.05, 3.63) is 47.0 Å². The maximum absolute atomic E-state index is 10.1. The number of phenols is 1. The number of hydrogen-bond acceptors (Lipinski definition) is 5. The van der Waals surface area contributed by atoms with Crippen molar-refractivity contribution in [2.24, 2.45) is 0 Å². The summed E-state index contributed by atoms with van der Waals surface area (Å²) in [5.74, 6) is 2.72. The van der Waals surface area contributed by atoms with E-state index in [1.807, 2.05) is 12.3 Å². The normalized spacial score (nSPS) is 17.8. The van der Waals surface area contributed by atoms with Crippen LogP contribution in [0.25, 0.3) is 0 Å². The molecule has 1 N–H and O–H groups in total. The van der Waals surface area contributed by atoms with Gasteiger partial charge in [0.25, 0.3) is 0 Å². The van der Waals surface area contributed by atoms with Crippen LogP contribution in [0.5, 0.6) is 11.5 Å². The lowest BCUT2D eigenvalue weighted by Crippen LogP contribution is -2.31. The highest BCUT2D eigenvalue weighted by atomic mass is 16.5. The molecule has 1 fully saturated rings. The molecule has 1 aliphatic heterocycles. The number of benzene rings is 1. The van der Waals surface area contributed by atoms with Crippen molar-refractivity contribution in [2.45, 2.75) is 38.3 Å². The van der Waals surface area contributed by atoms with Gasteiger partial charge in [-0.15, -0.1) is 0 Å². The minimum absolute atomic E-state index is 0.317. The Kier molecular flexibility index (Phi) is 3.65. The first-order valence-electron chi connectivity index (χ1n) is 8.16. The van der Waals surface area contributed by atoms with Gasteiger partial charge >= 0.3 is 0 Å². The van der Waals surface area contributed by atoms with Crippen molar-refractivity contribution in [2.75, 3.05) is 13.7 Å². The van der Waals surface area contributed by atoms with E-state index in [0.29, 0.717) is 18.2 Å². The van der Waals surface area contributed by atoms with Crippen molar-refractivity contribution >= 4 is 0 Å². The molecule has 0 radical (unpaired) electrons. The fourth-order valence-corrected chi connectivity index (χ4v) is 3.12. The quantitative estimate of drug-likeness (QED) is 0.940. The molecule has 5 nitrogen and oxygen atoms in total. The Balaban J connectivity index is 1.49. The molecule has 2 aliphatic rings. The zero-order valence-electron chi connectivity index (χ0n) is 13.3. The topological polar surface area (TPSA) is 58.5 Å². The maximum Gasteiger partial charge on any atom is 0.131 e. The second-order valence-corrected chi connectivity index (χ2v) is 6.43. The SMILES string of the molecule is COc1ccc(O)c(CN2CCc3nc(C4CC4)ncc3C2)c1. The van der Waals surface area contributed by atoms with Crippen LogP contribution in [0.4, 0.5) is 0 Å². The van der Waals surface area contributed by atoms with Crippen LogP contribution in [-0.4, -0.2) is 33.6 Å². The van der Waals surface area contributed by atoms with E-state index in [2.05, 4.69) is 9.88 Å². The predicted octanol–water partition coefficient (Wildman–Crippen LogP) is 2.63. The molecule has 5 heteroatoms. The highest BCUT2D eigenvalue weighted by Gasteiger charge is 2.28. The van der Waals surface area contributed by atoms with E-state index in [9.17, 15) is 5.11 Å². The van der Waals surface area contributed by atoms with Crippen LogP contribution in [0, 0.1) is 0 Å². The molecule has 0 atom stereocenters.